The van der Waals surface area contributed by atoms with Gasteiger partial charge in [0.2, 0.25) is 24.0 Å². The highest BCUT2D eigenvalue weighted by Gasteiger charge is 2.29. The van der Waals surface area contributed by atoms with Gasteiger partial charge in [0.1, 0.15) is 21.7 Å². The first-order valence-corrected chi connectivity index (χ1v) is 13.1. The molecule has 48 heavy (non-hydrogen) atoms. The van der Waals surface area contributed by atoms with Crippen LogP contribution in [0.3, 0.4) is 0 Å². The lowest BCUT2D eigenvalue weighted by molar-refractivity contribution is 0.381. The van der Waals surface area contributed by atoms with Crippen LogP contribution in [0.4, 0.5) is 43.9 Å². The summed E-state index contributed by atoms with van der Waals surface area (Å²) in [6.45, 7) is 0. The minimum absolute atomic E-state index is 0.0138. The third kappa shape index (κ3) is 3.99. The van der Waals surface area contributed by atoms with Crippen LogP contribution in [-0.2, 0) is 0 Å². The largest absolute Gasteiger partial charge is 0.241 e. The van der Waals surface area contributed by atoms with Gasteiger partial charge in [0.15, 0.2) is 46.5 Å². The molecule has 7 aromatic rings. The topological polar surface area (TPSA) is 98.1 Å². The van der Waals surface area contributed by atoms with Gasteiger partial charge in [-0.3, -0.25) is 0 Å². The van der Waals surface area contributed by atoms with Crippen LogP contribution in [0.2, 0.25) is 0 Å². The Kier molecular flexibility index (Phi) is 6.66. The minimum Gasteiger partial charge on any atom is -0.241 e. The molecule has 0 aliphatic carbocycles. The maximum Gasteiger partial charge on any atom is 0.206 e. The molecule has 7 rings (SSSR count). The molecule has 6 aromatic carbocycles. The fraction of sp³-hybridized carbons (Fsp3) is 0. The van der Waals surface area contributed by atoms with E-state index >= 15 is 0 Å². The quantitative estimate of drug-likeness (QED) is 0.0830. The van der Waals surface area contributed by atoms with Gasteiger partial charge in [-0.15, -0.1) is 0 Å². The predicted octanol–water partition coefficient (Wildman–Crippen LogP) is 7.45. The molecule has 16 heteroatoms. The molecule has 0 saturated heterocycles. The third-order valence-corrected chi connectivity index (χ3v) is 7.72. The molecule has 0 fully saturated rings. The van der Waals surface area contributed by atoms with Gasteiger partial charge in [0, 0.05) is 21.5 Å². The Morgan fingerprint density at radius 1 is 0.417 bits per heavy atom. The highest BCUT2D eigenvalue weighted by Crippen LogP contribution is 2.37. The van der Waals surface area contributed by atoms with Gasteiger partial charge >= 0.3 is 0 Å². The molecule has 0 aliphatic rings. The van der Waals surface area contributed by atoms with E-state index in [1.54, 1.807) is 12.4 Å². The second-order valence-electron chi connectivity index (χ2n) is 10.1. The zero-order chi connectivity index (χ0) is 34.3. The summed E-state index contributed by atoms with van der Waals surface area (Å²) in [5, 5.41) is 18.6. The number of nitriles is 2. The summed E-state index contributed by atoms with van der Waals surface area (Å²) in [5.41, 5.74) is -3.63. The molecule has 234 valence electrons. The van der Waals surface area contributed by atoms with Crippen LogP contribution in [0.1, 0.15) is 0 Å². The van der Waals surface area contributed by atoms with Gasteiger partial charge in [-0.2, -0.15) is 20.5 Å². The van der Waals surface area contributed by atoms with Crippen molar-refractivity contribution in [1.29, 1.82) is 10.5 Å². The average Bonchev–Trinajstić information content (AvgIpc) is 3.55. The fourth-order valence-corrected chi connectivity index (χ4v) is 5.64. The van der Waals surface area contributed by atoms with Gasteiger partial charge in [0.05, 0.1) is 22.2 Å². The van der Waals surface area contributed by atoms with Crippen LogP contribution < -0.4 is 10.7 Å². The van der Waals surface area contributed by atoms with E-state index in [0.29, 0.717) is 0 Å². The van der Waals surface area contributed by atoms with Crippen molar-refractivity contribution < 1.29 is 43.9 Å². The SMILES string of the molecule is N#C/N=c1\c2cc(-c3c(F)c(F)c(F)c(F)c3F)ccc2c2nc3/c(=N/C#N)c4cc(-c5c(F)c(F)c(F)c(F)c5F)ccc4c3nc12. The lowest BCUT2D eigenvalue weighted by atomic mass is 10.0. The molecule has 0 bridgehead atoms. The van der Waals surface area contributed by atoms with Crippen LogP contribution in [0.25, 0.3) is 65.9 Å². The number of hydrogen-bond acceptors (Lipinski definition) is 6. The van der Waals surface area contributed by atoms with E-state index in [9.17, 15) is 54.4 Å². The molecule has 0 atom stereocenters. The highest BCUT2D eigenvalue weighted by atomic mass is 19.2. The van der Waals surface area contributed by atoms with Crippen LogP contribution in [0, 0.1) is 81.1 Å². The summed E-state index contributed by atoms with van der Waals surface area (Å²) in [5.74, 6) is -21.8. The Bertz CT molecular complexity index is 2570. The van der Waals surface area contributed by atoms with Crippen molar-refractivity contribution in [2.75, 3.05) is 0 Å². The number of fused-ring (bicyclic) bond motifs is 6. The minimum atomic E-state index is -2.36. The molecule has 0 saturated carbocycles. The predicted molar refractivity (Wildman–Crippen MR) is 147 cm³/mol. The first-order chi connectivity index (χ1) is 22.9. The average molecular weight is 664 g/mol. The van der Waals surface area contributed by atoms with Crippen molar-refractivity contribution in [3.63, 3.8) is 0 Å². The van der Waals surface area contributed by atoms with Crippen molar-refractivity contribution in [3.05, 3.63) is 105 Å². The molecule has 0 amide bonds. The zero-order valence-electron chi connectivity index (χ0n) is 22.9. The van der Waals surface area contributed by atoms with E-state index in [4.69, 9.17) is 0 Å². The van der Waals surface area contributed by atoms with E-state index in [0.717, 1.165) is 24.3 Å². The smallest absolute Gasteiger partial charge is 0.206 e. The first kappa shape index (κ1) is 30.2. The number of benzene rings is 4. The summed E-state index contributed by atoms with van der Waals surface area (Å²) in [7, 11) is 0. The summed E-state index contributed by atoms with van der Waals surface area (Å²) in [6.07, 6.45) is 3.08. The van der Waals surface area contributed by atoms with E-state index in [-0.39, 0.29) is 54.3 Å². The summed E-state index contributed by atoms with van der Waals surface area (Å²) < 4.78 is 142. The van der Waals surface area contributed by atoms with Gasteiger partial charge in [0.25, 0.3) is 0 Å². The molecule has 0 N–H and O–H groups in total. The highest BCUT2D eigenvalue weighted by molar-refractivity contribution is 6.15. The molecule has 1 aromatic heterocycles. The van der Waals surface area contributed by atoms with Crippen molar-refractivity contribution in [2.24, 2.45) is 9.98 Å². The first-order valence-electron chi connectivity index (χ1n) is 13.1. The van der Waals surface area contributed by atoms with Crippen LogP contribution in [0.15, 0.2) is 46.4 Å². The Labute approximate surface area is 258 Å². The Balaban J connectivity index is 1.55. The second kappa shape index (κ2) is 10.6. The maximum atomic E-state index is 14.6. The molecule has 0 radical (unpaired) electrons. The van der Waals surface area contributed by atoms with Crippen LogP contribution >= 0.6 is 0 Å². The Hall–Kier alpha value is -6.42. The standard InChI is InChI=1S/C32H6F10N6/c33-17-15(18(34)22(38)25(41)21(17)37)9-1-3-11-13(5-9)27(45-7-43)31-29(11)47-32-28(46-8-44)14-6-10(2-4-12(14)30(32)48-31)16-19(35)23(39)26(42)24(40)20(16)36/h1-6H/b45-27+,46-28+. The van der Waals surface area contributed by atoms with Gasteiger partial charge < -0.3 is 0 Å². The second-order valence-corrected chi connectivity index (χ2v) is 10.1. The number of aromatic nitrogens is 2. The Morgan fingerprint density at radius 2 is 0.729 bits per heavy atom. The summed E-state index contributed by atoms with van der Waals surface area (Å²) in [4.78, 5) is 16.5. The van der Waals surface area contributed by atoms with Crippen LogP contribution in [-0.4, -0.2) is 9.97 Å². The van der Waals surface area contributed by atoms with Gasteiger partial charge in [-0.1, -0.05) is 24.3 Å². The molecule has 6 nitrogen and oxygen atoms in total. The third-order valence-electron chi connectivity index (χ3n) is 7.72. The normalized spacial score (nSPS) is 12.6. The lowest BCUT2D eigenvalue weighted by Gasteiger charge is -2.08. The zero-order valence-corrected chi connectivity index (χ0v) is 22.9. The molecular weight excluding hydrogens is 658 g/mol. The molecular formula is C32H6F10N6. The monoisotopic (exact) mass is 664 g/mol. The Morgan fingerprint density at radius 3 is 1.04 bits per heavy atom. The van der Waals surface area contributed by atoms with Crippen molar-refractivity contribution in [2.45, 2.75) is 0 Å². The number of rotatable bonds is 2. The molecule has 1 heterocycles. The van der Waals surface area contributed by atoms with Crippen molar-refractivity contribution in [3.8, 4) is 34.6 Å². The number of halogens is 10. The molecule has 0 unspecified atom stereocenters. The van der Waals surface area contributed by atoms with E-state index < -0.39 is 80.4 Å². The number of hydrogen-bond donors (Lipinski definition) is 0. The van der Waals surface area contributed by atoms with Gasteiger partial charge in [-0.25, -0.2) is 53.9 Å². The summed E-state index contributed by atoms with van der Waals surface area (Å²) in [6, 6.07) is 6.50. The van der Waals surface area contributed by atoms with Gasteiger partial charge in [-0.05, 0) is 23.3 Å². The molecule has 0 spiro atoms. The van der Waals surface area contributed by atoms with E-state index in [2.05, 4.69) is 20.0 Å². The van der Waals surface area contributed by atoms with Crippen LogP contribution in [0.5, 0.6) is 0 Å². The fourth-order valence-electron chi connectivity index (χ4n) is 5.64. The van der Waals surface area contributed by atoms with Crippen molar-refractivity contribution >= 4 is 43.6 Å². The van der Waals surface area contributed by atoms with Crippen molar-refractivity contribution in [1.82, 2.24) is 9.97 Å². The molecule has 0 aliphatic heterocycles. The maximum absolute atomic E-state index is 14.6. The lowest BCUT2D eigenvalue weighted by Crippen LogP contribution is -2.05. The summed E-state index contributed by atoms with van der Waals surface area (Å²) >= 11 is 0. The van der Waals surface area contributed by atoms with E-state index in [1.165, 1.54) is 12.1 Å². The number of nitrogens with zero attached hydrogens (tertiary/aromatic N) is 6. The van der Waals surface area contributed by atoms with E-state index in [1.807, 2.05) is 0 Å².